The standard InChI is InChI=1S/C20H21NO4/c1-24-19-13-16(11-17(14-22)20(19)23)6-5-15-3-2-4-18(12-15)21-7-9-25-10-8-21/h2-6,11-14,23H,7-10H2,1H3/b6-5+. The zero-order valence-corrected chi connectivity index (χ0v) is 14.1. The second-order valence-electron chi connectivity index (χ2n) is 5.81. The molecule has 0 bridgehead atoms. The van der Waals surface area contributed by atoms with Crippen LogP contribution in [0.5, 0.6) is 11.5 Å². The number of ether oxygens (including phenoxy) is 2. The van der Waals surface area contributed by atoms with Gasteiger partial charge in [0, 0.05) is 18.8 Å². The van der Waals surface area contributed by atoms with E-state index < -0.39 is 0 Å². The molecule has 1 fully saturated rings. The van der Waals surface area contributed by atoms with Gasteiger partial charge in [0.25, 0.3) is 0 Å². The van der Waals surface area contributed by atoms with E-state index in [4.69, 9.17) is 9.47 Å². The van der Waals surface area contributed by atoms with Crippen molar-refractivity contribution in [3.63, 3.8) is 0 Å². The fraction of sp³-hybridized carbons (Fsp3) is 0.250. The lowest BCUT2D eigenvalue weighted by Gasteiger charge is -2.29. The van der Waals surface area contributed by atoms with E-state index in [0.29, 0.717) is 6.29 Å². The molecule has 1 heterocycles. The fourth-order valence-electron chi connectivity index (χ4n) is 2.83. The van der Waals surface area contributed by atoms with E-state index in [1.165, 1.54) is 12.8 Å². The number of anilines is 1. The van der Waals surface area contributed by atoms with Gasteiger partial charge in [-0.2, -0.15) is 0 Å². The molecular formula is C20H21NO4. The molecule has 1 N–H and O–H groups in total. The lowest BCUT2D eigenvalue weighted by atomic mass is 10.1. The lowest BCUT2D eigenvalue weighted by Crippen LogP contribution is -2.36. The highest BCUT2D eigenvalue weighted by Crippen LogP contribution is 2.31. The summed E-state index contributed by atoms with van der Waals surface area (Å²) < 4.78 is 10.5. The molecule has 0 saturated carbocycles. The molecule has 0 radical (unpaired) electrons. The highest BCUT2D eigenvalue weighted by molar-refractivity contribution is 5.84. The Kier molecular flexibility index (Phi) is 5.36. The fourth-order valence-corrected chi connectivity index (χ4v) is 2.83. The van der Waals surface area contributed by atoms with Crippen LogP contribution >= 0.6 is 0 Å². The predicted molar refractivity (Wildman–Crippen MR) is 98.4 cm³/mol. The molecule has 5 heteroatoms. The minimum absolute atomic E-state index is 0.135. The maximum absolute atomic E-state index is 11.1. The molecule has 0 unspecified atom stereocenters. The van der Waals surface area contributed by atoms with Crippen molar-refractivity contribution < 1.29 is 19.4 Å². The van der Waals surface area contributed by atoms with Gasteiger partial charge < -0.3 is 19.5 Å². The Morgan fingerprint density at radius 2 is 1.88 bits per heavy atom. The average molecular weight is 339 g/mol. The Bertz CT molecular complexity index is 779. The van der Waals surface area contributed by atoms with Crippen molar-refractivity contribution in [3.8, 4) is 11.5 Å². The third kappa shape index (κ3) is 4.00. The SMILES string of the molecule is COc1cc(/C=C/c2cccc(N3CCOCC3)c2)cc(C=O)c1O. The molecule has 3 rings (SSSR count). The van der Waals surface area contributed by atoms with Crippen molar-refractivity contribution in [2.24, 2.45) is 0 Å². The van der Waals surface area contributed by atoms with Crippen molar-refractivity contribution in [1.82, 2.24) is 0 Å². The molecule has 0 aromatic heterocycles. The predicted octanol–water partition coefficient (Wildman–Crippen LogP) is 3.22. The van der Waals surface area contributed by atoms with Gasteiger partial charge in [-0.3, -0.25) is 4.79 Å². The molecule has 0 spiro atoms. The lowest BCUT2D eigenvalue weighted by molar-refractivity contribution is 0.112. The van der Waals surface area contributed by atoms with E-state index in [2.05, 4.69) is 17.0 Å². The zero-order valence-electron chi connectivity index (χ0n) is 14.1. The van der Waals surface area contributed by atoms with Crippen LogP contribution in [0, 0.1) is 0 Å². The summed E-state index contributed by atoms with van der Waals surface area (Å²) in [5.74, 6) is 0.148. The van der Waals surface area contributed by atoms with Crippen LogP contribution in [0.1, 0.15) is 21.5 Å². The molecule has 5 nitrogen and oxygen atoms in total. The van der Waals surface area contributed by atoms with Gasteiger partial charge in [0.15, 0.2) is 17.8 Å². The summed E-state index contributed by atoms with van der Waals surface area (Å²) in [6.07, 6.45) is 4.49. The van der Waals surface area contributed by atoms with Gasteiger partial charge >= 0.3 is 0 Å². The molecule has 2 aromatic rings. The number of nitrogens with zero attached hydrogens (tertiary/aromatic N) is 1. The topological polar surface area (TPSA) is 59.0 Å². The number of hydrogen-bond acceptors (Lipinski definition) is 5. The molecule has 130 valence electrons. The van der Waals surface area contributed by atoms with Gasteiger partial charge in [0.2, 0.25) is 0 Å². The summed E-state index contributed by atoms with van der Waals surface area (Å²) in [4.78, 5) is 13.4. The number of phenols is 1. The van der Waals surface area contributed by atoms with Gasteiger partial charge in [-0.05, 0) is 35.4 Å². The molecule has 1 saturated heterocycles. The first kappa shape index (κ1) is 17.0. The van der Waals surface area contributed by atoms with Crippen LogP contribution in [0.15, 0.2) is 36.4 Å². The van der Waals surface area contributed by atoms with Crippen LogP contribution in [-0.4, -0.2) is 44.8 Å². The number of aldehydes is 1. The summed E-state index contributed by atoms with van der Waals surface area (Å²) >= 11 is 0. The quantitative estimate of drug-likeness (QED) is 0.669. The molecule has 0 amide bonds. The largest absolute Gasteiger partial charge is 0.504 e. The highest BCUT2D eigenvalue weighted by atomic mass is 16.5. The minimum atomic E-state index is -0.135. The normalized spacial score (nSPS) is 14.7. The third-order valence-corrected chi connectivity index (χ3v) is 4.19. The van der Waals surface area contributed by atoms with Gasteiger partial charge in [-0.15, -0.1) is 0 Å². The number of carbonyl (C=O) groups is 1. The van der Waals surface area contributed by atoms with Crippen molar-refractivity contribution in [2.45, 2.75) is 0 Å². The highest BCUT2D eigenvalue weighted by Gasteiger charge is 2.11. The van der Waals surface area contributed by atoms with E-state index in [1.807, 2.05) is 24.3 Å². The zero-order chi connectivity index (χ0) is 17.6. The van der Waals surface area contributed by atoms with Gasteiger partial charge in [0.05, 0.1) is 25.9 Å². The summed E-state index contributed by atoms with van der Waals surface area (Å²) in [6, 6.07) is 11.6. The number of hydrogen-bond donors (Lipinski definition) is 1. The number of aromatic hydroxyl groups is 1. The Hall–Kier alpha value is -2.79. The second-order valence-corrected chi connectivity index (χ2v) is 5.81. The smallest absolute Gasteiger partial charge is 0.168 e. The number of benzene rings is 2. The number of rotatable bonds is 5. The Morgan fingerprint density at radius 3 is 2.60 bits per heavy atom. The van der Waals surface area contributed by atoms with Crippen molar-refractivity contribution in [2.75, 3.05) is 38.3 Å². The first-order chi connectivity index (χ1) is 12.2. The molecular weight excluding hydrogens is 318 g/mol. The maximum atomic E-state index is 11.1. The minimum Gasteiger partial charge on any atom is -0.504 e. The monoisotopic (exact) mass is 339 g/mol. The van der Waals surface area contributed by atoms with Crippen molar-refractivity contribution in [1.29, 1.82) is 0 Å². The first-order valence-electron chi connectivity index (χ1n) is 8.18. The van der Waals surface area contributed by atoms with Gasteiger partial charge in [-0.25, -0.2) is 0 Å². The summed E-state index contributed by atoms with van der Waals surface area (Å²) in [7, 11) is 1.46. The summed E-state index contributed by atoms with van der Waals surface area (Å²) in [5.41, 5.74) is 3.22. The van der Waals surface area contributed by atoms with Crippen molar-refractivity contribution in [3.05, 3.63) is 53.1 Å². The number of carbonyl (C=O) groups excluding carboxylic acids is 1. The Balaban J connectivity index is 1.83. The Morgan fingerprint density at radius 1 is 1.12 bits per heavy atom. The molecule has 1 aliphatic heterocycles. The van der Waals surface area contributed by atoms with Gasteiger partial charge in [-0.1, -0.05) is 24.3 Å². The van der Waals surface area contributed by atoms with Gasteiger partial charge in [0.1, 0.15) is 0 Å². The number of methoxy groups -OCH3 is 1. The third-order valence-electron chi connectivity index (χ3n) is 4.19. The second kappa shape index (κ2) is 7.85. The van der Waals surface area contributed by atoms with Crippen LogP contribution in [0.4, 0.5) is 5.69 Å². The van der Waals surface area contributed by atoms with Crippen LogP contribution in [0.25, 0.3) is 12.2 Å². The van der Waals surface area contributed by atoms with E-state index >= 15 is 0 Å². The Labute approximate surface area is 147 Å². The van der Waals surface area contributed by atoms with Crippen LogP contribution in [0.3, 0.4) is 0 Å². The average Bonchev–Trinajstić information content (AvgIpc) is 2.68. The van der Waals surface area contributed by atoms with E-state index in [9.17, 15) is 9.90 Å². The summed E-state index contributed by atoms with van der Waals surface area (Å²) in [6.45, 7) is 3.29. The van der Waals surface area contributed by atoms with E-state index in [1.54, 1.807) is 12.1 Å². The van der Waals surface area contributed by atoms with Crippen molar-refractivity contribution >= 4 is 24.1 Å². The number of morpholine rings is 1. The van der Waals surface area contributed by atoms with Crippen LogP contribution in [0.2, 0.25) is 0 Å². The van der Waals surface area contributed by atoms with E-state index in [0.717, 1.165) is 37.4 Å². The molecule has 2 aromatic carbocycles. The number of phenolic OH excluding ortho intramolecular Hbond substituents is 1. The van der Waals surface area contributed by atoms with Crippen LogP contribution < -0.4 is 9.64 Å². The molecule has 25 heavy (non-hydrogen) atoms. The molecule has 0 atom stereocenters. The maximum Gasteiger partial charge on any atom is 0.168 e. The molecule has 1 aliphatic rings. The summed E-state index contributed by atoms with van der Waals surface area (Å²) in [5, 5.41) is 9.88. The molecule has 0 aliphatic carbocycles. The first-order valence-corrected chi connectivity index (χ1v) is 8.18. The van der Waals surface area contributed by atoms with E-state index in [-0.39, 0.29) is 17.1 Å². The van der Waals surface area contributed by atoms with Crippen LogP contribution in [-0.2, 0) is 4.74 Å².